The Balaban J connectivity index is 2.34. The fourth-order valence-electron chi connectivity index (χ4n) is 2.03. The Morgan fingerprint density at radius 1 is 1.07 bits per heavy atom. The Bertz CT molecular complexity index is 402. The topological polar surface area (TPSA) is 17.1 Å². The molecule has 0 heterocycles. The van der Waals surface area contributed by atoms with Gasteiger partial charge in [-0.1, -0.05) is 24.3 Å². The van der Waals surface area contributed by atoms with Gasteiger partial charge in [0.1, 0.15) is 0 Å². The number of Topliss-reactive ketones (excluding diaryl/α,β-unsaturated/α-hetero) is 1. The second kappa shape index (κ2) is 4.43. The fourth-order valence-corrected chi connectivity index (χ4v) is 2.03. The van der Waals surface area contributed by atoms with Gasteiger partial charge in [-0.05, 0) is 49.8 Å². The predicted molar refractivity (Wildman–Crippen MR) is 62.2 cm³/mol. The van der Waals surface area contributed by atoms with Crippen molar-refractivity contribution in [3.05, 3.63) is 47.0 Å². The van der Waals surface area contributed by atoms with Crippen LogP contribution in [0.2, 0.25) is 0 Å². The van der Waals surface area contributed by atoms with Crippen LogP contribution in [0.5, 0.6) is 0 Å². The van der Waals surface area contributed by atoms with Crippen LogP contribution >= 0.6 is 0 Å². The molecule has 0 unspecified atom stereocenters. The predicted octanol–water partition coefficient (Wildman–Crippen LogP) is 3.32. The van der Waals surface area contributed by atoms with Gasteiger partial charge in [0.15, 0.2) is 5.78 Å². The second-order valence-electron chi connectivity index (χ2n) is 4.09. The van der Waals surface area contributed by atoms with Gasteiger partial charge in [-0.2, -0.15) is 0 Å². The number of hydrogen-bond donors (Lipinski definition) is 0. The molecule has 1 nitrogen and oxygen atoms in total. The minimum Gasteiger partial charge on any atom is -0.295 e. The smallest absolute Gasteiger partial charge is 0.159 e. The summed E-state index contributed by atoms with van der Waals surface area (Å²) in [5.74, 6) is 0.162. The lowest BCUT2D eigenvalue weighted by Crippen LogP contribution is -2.00. The molecule has 1 aliphatic rings. The Labute approximate surface area is 90.8 Å². The molecular weight excluding hydrogens is 184 g/mol. The van der Waals surface area contributed by atoms with E-state index < -0.39 is 0 Å². The molecule has 0 radical (unpaired) electrons. The molecule has 1 aromatic rings. The number of ketones is 1. The van der Waals surface area contributed by atoms with E-state index in [0.29, 0.717) is 0 Å². The molecule has 0 spiro atoms. The number of aryl methyl sites for hydroxylation is 2. The number of allylic oxidation sites excluding steroid dienone is 2. The van der Waals surface area contributed by atoms with Gasteiger partial charge in [-0.3, -0.25) is 4.79 Å². The highest BCUT2D eigenvalue weighted by Gasteiger charge is 2.07. The zero-order chi connectivity index (χ0) is 10.7. The van der Waals surface area contributed by atoms with Gasteiger partial charge in [0.2, 0.25) is 0 Å². The minimum atomic E-state index is 0.162. The van der Waals surface area contributed by atoms with E-state index in [2.05, 4.69) is 24.3 Å². The van der Waals surface area contributed by atoms with Crippen molar-refractivity contribution in [2.24, 2.45) is 0 Å². The molecule has 0 fully saturated rings. The SMILES string of the molecule is CC(=O)c1ccc2c(c1)CC/C=C\CC2. The first-order chi connectivity index (χ1) is 7.27. The van der Waals surface area contributed by atoms with E-state index in [1.807, 2.05) is 6.07 Å². The highest BCUT2D eigenvalue weighted by atomic mass is 16.1. The van der Waals surface area contributed by atoms with E-state index >= 15 is 0 Å². The quantitative estimate of drug-likeness (QED) is 0.502. The number of fused-ring (bicyclic) bond motifs is 1. The van der Waals surface area contributed by atoms with Crippen molar-refractivity contribution in [1.82, 2.24) is 0 Å². The molecule has 0 aliphatic heterocycles. The lowest BCUT2D eigenvalue weighted by atomic mass is 9.94. The summed E-state index contributed by atoms with van der Waals surface area (Å²) in [6.45, 7) is 1.63. The van der Waals surface area contributed by atoms with Crippen LogP contribution in [0.15, 0.2) is 30.4 Å². The average molecular weight is 200 g/mol. The van der Waals surface area contributed by atoms with E-state index in [1.54, 1.807) is 6.92 Å². The van der Waals surface area contributed by atoms with Gasteiger partial charge in [0.25, 0.3) is 0 Å². The van der Waals surface area contributed by atoms with Crippen LogP contribution in [-0.2, 0) is 12.8 Å². The molecule has 0 saturated carbocycles. The number of hydrogen-bond acceptors (Lipinski definition) is 1. The molecule has 0 atom stereocenters. The molecule has 0 bridgehead atoms. The van der Waals surface area contributed by atoms with Crippen LogP contribution in [0.25, 0.3) is 0 Å². The zero-order valence-electron chi connectivity index (χ0n) is 9.12. The Kier molecular flexibility index (Phi) is 3.00. The molecule has 0 aromatic heterocycles. The Hall–Kier alpha value is -1.37. The van der Waals surface area contributed by atoms with Gasteiger partial charge in [-0.25, -0.2) is 0 Å². The van der Waals surface area contributed by atoms with Gasteiger partial charge in [0.05, 0.1) is 0 Å². The molecular formula is C14H16O. The summed E-state index contributed by atoms with van der Waals surface area (Å²) >= 11 is 0. The van der Waals surface area contributed by atoms with Crippen LogP contribution in [-0.4, -0.2) is 5.78 Å². The molecule has 2 rings (SSSR count). The first-order valence-electron chi connectivity index (χ1n) is 5.55. The summed E-state index contributed by atoms with van der Waals surface area (Å²) in [5.41, 5.74) is 3.61. The van der Waals surface area contributed by atoms with Crippen molar-refractivity contribution in [3.63, 3.8) is 0 Å². The summed E-state index contributed by atoms with van der Waals surface area (Å²) in [4.78, 5) is 11.3. The zero-order valence-corrected chi connectivity index (χ0v) is 9.12. The normalized spacial score (nSPS) is 17.4. The van der Waals surface area contributed by atoms with Gasteiger partial charge < -0.3 is 0 Å². The summed E-state index contributed by atoms with van der Waals surface area (Å²) < 4.78 is 0. The van der Waals surface area contributed by atoms with Crippen molar-refractivity contribution in [2.75, 3.05) is 0 Å². The number of benzene rings is 1. The minimum absolute atomic E-state index is 0.162. The van der Waals surface area contributed by atoms with Crippen molar-refractivity contribution in [3.8, 4) is 0 Å². The fraction of sp³-hybridized carbons (Fsp3) is 0.357. The molecule has 1 aromatic carbocycles. The lowest BCUT2D eigenvalue weighted by Gasteiger charge is -2.11. The summed E-state index contributed by atoms with van der Waals surface area (Å²) in [5, 5.41) is 0. The largest absolute Gasteiger partial charge is 0.295 e. The molecule has 0 saturated heterocycles. The highest BCUT2D eigenvalue weighted by molar-refractivity contribution is 5.94. The van der Waals surface area contributed by atoms with Crippen LogP contribution < -0.4 is 0 Å². The van der Waals surface area contributed by atoms with Crippen LogP contribution in [0.1, 0.15) is 41.3 Å². The van der Waals surface area contributed by atoms with E-state index in [0.717, 1.165) is 31.2 Å². The Morgan fingerprint density at radius 2 is 1.73 bits per heavy atom. The van der Waals surface area contributed by atoms with E-state index in [4.69, 9.17) is 0 Å². The van der Waals surface area contributed by atoms with E-state index in [-0.39, 0.29) is 5.78 Å². The lowest BCUT2D eigenvalue weighted by molar-refractivity contribution is 0.101. The van der Waals surface area contributed by atoms with E-state index in [1.165, 1.54) is 11.1 Å². The average Bonchev–Trinajstić information content (AvgIpc) is 2.18. The molecule has 1 aliphatic carbocycles. The number of rotatable bonds is 1. The Morgan fingerprint density at radius 3 is 2.40 bits per heavy atom. The molecule has 0 N–H and O–H groups in total. The van der Waals surface area contributed by atoms with Crippen LogP contribution in [0.3, 0.4) is 0 Å². The number of carbonyl (C=O) groups is 1. The van der Waals surface area contributed by atoms with Crippen LogP contribution in [0, 0.1) is 0 Å². The summed E-state index contributed by atoms with van der Waals surface area (Å²) in [6.07, 6.45) is 8.86. The van der Waals surface area contributed by atoms with Crippen LogP contribution in [0.4, 0.5) is 0 Å². The number of carbonyl (C=O) groups excluding carboxylic acids is 1. The van der Waals surface area contributed by atoms with Crippen molar-refractivity contribution in [2.45, 2.75) is 32.6 Å². The third kappa shape index (κ3) is 2.35. The summed E-state index contributed by atoms with van der Waals surface area (Å²) in [7, 11) is 0. The third-order valence-corrected chi connectivity index (χ3v) is 2.94. The highest BCUT2D eigenvalue weighted by Crippen LogP contribution is 2.18. The molecule has 0 amide bonds. The maximum absolute atomic E-state index is 11.3. The van der Waals surface area contributed by atoms with Crippen molar-refractivity contribution < 1.29 is 4.79 Å². The van der Waals surface area contributed by atoms with Crippen molar-refractivity contribution >= 4 is 5.78 Å². The van der Waals surface area contributed by atoms with E-state index in [9.17, 15) is 4.79 Å². The first kappa shape index (κ1) is 10.2. The van der Waals surface area contributed by atoms with Gasteiger partial charge in [-0.15, -0.1) is 0 Å². The van der Waals surface area contributed by atoms with Gasteiger partial charge in [0, 0.05) is 5.56 Å². The summed E-state index contributed by atoms with van der Waals surface area (Å²) in [6, 6.07) is 6.13. The first-order valence-corrected chi connectivity index (χ1v) is 5.55. The maximum atomic E-state index is 11.3. The van der Waals surface area contributed by atoms with Gasteiger partial charge >= 0.3 is 0 Å². The molecule has 1 heteroatoms. The second-order valence-corrected chi connectivity index (χ2v) is 4.09. The monoisotopic (exact) mass is 200 g/mol. The third-order valence-electron chi connectivity index (χ3n) is 2.94. The molecule has 78 valence electrons. The maximum Gasteiger partial charge on any atom is 0.159 e. The van der Waals surface area contributed by atoms with Crippen molar-refractivity contribution in [1.29, 1.82) is 0 Å². The molecule has 15 heavy (non-hydrogen) atoms. The standard InChI is InChI=1S/C14H16O/c1-11(15)13-9-8-12-6-4-2-3-5-7-14(12)10-13/h2-3,8-10H,4-7H2,1H3/b3-2-.